The average Bonchev–Trinajstić information content (AvgIpc) is 2.93. The first-order valence-corrected chi connectivity index (χ1v) is 6.86. The number of nitrogens with one attached hydrogen (secondary N) is 1. The average molecular weight is 288 g/mol. The number of carbonyl (C=O) groups excluding carboxylic acids is 1. The molecule has 0 saturated heterocycles. The maximum Gasteiger partial charge on any atom is 0.290 e. The summed E-state index contributed by atoms with van der Waals surface area (Å²) in [7, 11) is 0. The summed E-state index contributed by atoms with van der Waals surface area (Å²) in [5.41, 5.74) is 4.11. The largest absolute Gasteiger partial charge is 0.297 e. The van der Waals surface area contributed by atoms with E-state index in [1.165, 1.54) is 22.1 Å². The van der Waals surface area contributed by atoms with Gasteiger partial charge in [-0.05, 0) is 25.5 Å². The Morgan fingerprint density at radius 2 is 2.15 bits per heavy atom. The van der Waals surface area contributed by atoms with Crippen molar-refractivity contribution >= 4 is 22.2 Å². The van der Waals surface area contributed by atoms with Gasteiger partial charge >= 0.3 is 0 Å². The highest BCUT2D eigenvalue weighted by atomic mass is 32.1. The highest BCUT2D eigenvalue weighted by molar-refractivity contribution is 7.15. The van der Waals surface area contributed by atoms with Crippen molar-refractivity contribution in [3.05, 3.63) is 57.2 Å². The lowest BCUT2D eigenvalue weighted by Gasteiger charge is -2.10. The Bertz CT molecular complexity index is 830. The molecule has 0 fully saturated rings. The van der Waals surface area contributed by atoms with Crippen LogP contribution in [0.2, 0.25) is 0 Å². The van der Waals surface area contributed by atoms with Gasteiger partial charge in [-0.1, -0.05) is 0 Å². The number of fused-ring (bicyclic) bond motifs is 1. The Labute approximate surface area is 118 Å². The van der Waals surface area contributed by atoms with E-state index in [9.17, 15) is 9.59 Å². The fourth-order valence-electron chi connectivity index (χ4n) is 2.01. The van der Waals surface area contributed by atoms with Gasteiger partial charge in [0.05, 0.1) is 0 Å². The molecule has 6 nitrogen and oxygen atoms in total. The first-order chi connectivity index (χ1) is 9.54. The van der Waals surface area contributed by atoms with Crippen molar-refractivity contribution in [2.75, 3.05) is 5.43 Å². The second-order valence-electron chi connectivity index (χ2n) is 4.51. The molecule has 20 heavy (non-hydrogen) atoms. The Morgan fingerprint density at radius 3 is 2.85 bits per heavy atom. The summed E-state index contributed by atoms with van der Waals surface area (Å²) < 4.78 is 2.99. The Kier molecular flexibility index (Phi) is 2.90. The lowest BCUT2D eigenvalue weighted by Crippen LogP contribution is -2.34. The van der Waals surface area contributed by atoms with E-state index in [0.717, 1.165) is 10.5 Å². The number of carbonyl (C=O) groups is 1. The Morgan fingerprint density at radius 1 is 1.35 bits per heavy atom. The molecule has 0 unspecified atom stereocenters. The van der Waals surface area contributed by atoms with E-state index < -0.39 is 5.91 Å². The van der Waals surface area contributed by atoms with Gasteiger partial charge in [-0.25, -0.2) is 9.66 Å². The van der Waals surface area contributed by atoms with Crippen LogP contribution in [-0.2, 0) is 0 Å². The van der Waals surface area contributed by atoms with Gasteiger partial charge < -0.3 is 0 Å². The number of hydrogen-bond donors (Lipinski definition) is 1. The molecule has 0 radical (unpaired) electrons. The summed E-state index contributed by atoms with van der Waals surface area (Å²) in [5, 5.41) is 1.89. The van der Waals surface area contributed by atoms with Gasteiger partial charge in [-0.2, -0.15) is 0 Å². The van der Waals surface area contributed by atoms with E-state index in [4.69, 9.17) is 0 Å². The summed E-state index contributed by atoms with van der Waals surface area (Å²) in [5.74, 6) is -0.407. The molecule has 1 N–H and O–H groups in total. The number of pyridine rings is 1. The summed E-state index contributed by atoms with van der Waals surface area (Å²) in [6.07, 6.45) is 3.46. The molecule has 0 aliphatic rings. The highest BCUT2D eigenvalue weighted by Gasteiger charge is 2.13. The SMILES string of the molecule is Cc1cc(C)n(NC(=O)c2cn3ccsc3n2)c(=O)c1. The standard InChI is InChI=1S/C13H12N4O2S/c1-8-5-9(2)17(11(18)6-8)15-12(19)10-7-16-3-4-20-13(16)14-10/h3-7H,1-2H3,(H,15,19). The zero-order valence-corrected chi connectivity index (χ0v) is 11.8. The van der Waals surface area contributed by atoms with Crippen molar-refractivity contribution in [3.63, 3.8) is 0 Å². The molecule has 0 aliphatic heterocycles. The zero-order valence-electron chi connectivity index (χ0n) is 11.0. The molecule has 0 aromatic carbocycles. The second kappa shape index (κ2) is 4.61. The summed E-state index contributed by atoms with van der Waals surface area (Å²) >= 11 is 1.44. The maximum atomic E-state index is 12.1. The number of hydrogen-bond acceptors (Lipinski definition) is 4. The van der Waals surface area contributed by atoms with Crippen LogP contribution in [0.1, 0.15) is 21.7 Å². The number of amides is 1. The molecule has 0 bridgehead atoms. The van der Waals surface area contributed by atoms with Crippen LogP contribution in [-0.4, -0.2) is 20.0 Å². The molecular weight excluding hydrogens is 276 g/mol. The van der Waals surface area contributed by atoms with Crippen LogP contribution in [0.3, 0.4) is 0 Å². The molecule has 0 atom stereocenters. The molecule has 3 rings (SSSR count). The number of aryl methyl sites for hydroxylation is 2. The minimum Gasteiger partial charge on any atom is -0.297 e. The second-order valence-corrected chi connectivity index (χ2v) is 5.38. The third kappa shape index (κ3) is 2.12. The number of rotatable bonds is 2. The van der Waals surface area contributed by atoms with Crippen molar-refractivity contribution in [1.29, 1.82) is 0 Å². The lowest BCUT2D eigenvalue weighted by atomic mass is 10.2. The van der Waals surface area contributed by atoms with E-state index in [0.29, 0.717) is 5.69 Å². The molecule has 3 heterocycles. The van der Waals surface area contributed by atoms with E-state index in [-0.39, 0.29) is 11.3 Å². The third-order valence-corrected chi connectivity index (χ3v) is 3.67. The van der Waals surface area contributed by atoms with Gasteiger partial charge in [-0.15, -0.1) is 11.3 Å². The van der Waals surface area contributed by atoms with Gasteiger partial charge in [-0.3, -0.25) is 19.4 Å². The first-order valence-electron chi connectivity index (χ1n) is 5.98. The Hall–Kier alpha value is -2.41. The minimum absolute atomic E-state index is 0.267. The van der Waals surface area contributed by atoms with Crippen LogP contribution >= 0.6 is 11.3 Å². The van der Waals surface area contributed by atoms with Crippen LogP contribution in [0.5, 0.6) is 0 Å². The smallest absolute Gasteiger partial charge is 0.290 e. The van der Waals surface area contributed by atoms with Crippen molar-refractivity contribution in [3.8, 4) is 0 Å². The zero-order chi connectivity index (χ0) is 14.3. The number of aromatic nitrogens is 3. The van der Waals surface area contributed by atoms with Gasteiger partial charge in [0.1, 0.15) is 5.69 Å². The fourth-order valence-corrected chi connectivity index (χ4v) is 2.71. The molecule has 0 aliphatic carbocycles. The van der Waals surface area contributed by atoms with Gasteiger partial charge in [0.2, 0.25) is 0 Å². The molecule has 3 aromatic heterocycles. The van der Waals surface area contributed by atoms with E-state index >= 15 is 0 Å². The quantitative estimate of drug-likeness (QED) is 0.778. The lowest BCUT2D eigenvalue weighted by molar-refractivity contribution is 0.100. The summed E-state index contributed by atoms with van der Waals surface area (Å²) in [4.78, 5) is 28.9. The first kappa shape index (κ1) is 12.6. The van der Waals surface area contributed by atoms with Crippen LogP contribution in [0, 0.1) is 13.8 Å². The van der Waals surface area contributed by atoms with Crippen molar-refractivity contribution in [1.82, 2.24) is 14.1 Å². The van der Waals surface area contributed by atoms with E-state index in [1.54, 1.807) is 17.5 Å². The molecule has 7 heteroatoms. The van der Waals surface area contributed by atoms with E-state index in [1.807, 2.05) is 24.6 Å². The van der Waals surface area contributed by atoms with Crippen LogP contribution in [0.15, 0.2) is 34.7 Å². The topological polar surface area (TPSA) is 68.4 Å². The molecule has 0 spiro atoms. The van der Waals surface area contributed by atoms with Gasteiger partial charge in [0, 0.05) is 29.5 Å². The highest BCUT2D eigenvalue weighted by Crippen LogP contribution is 2.11. The van der Waals surface area contributed by atoms with Crippen LogP contribution < -0.4 is 11.0 Å². The normalized spacial score (nSPS) is 10.9. The number of thiazole rings is 1. The third-order valence-electron chi connectivity index (χ3n) is 2.90. The van der Waals surface area contributed by atoms with Crippen molar-refractivity contribution < 1.29 is 4.79 Å². The van der Waals surface area contributed by atoms with Crippen molar-refractivity contribution in [2.24, 2.45) is 0 Å². The maximum absolute atomic E-state index is 12.1. The predicted molar refractivity (Wildman–Crippen MR) is 76.9 cm³/mol. The monoisotopic (exact) mass is 288 g/mol. The molecule has 3 aromatic rings. The van der Waals surface area contributed by atoms with Crippen molar-refractivity contribution in [2.45, 2.75) is 13.8 Å². The van der Waals surface area contributed by atoms with E-state index in [2.05, 4.69) is 10.4 Å². The summed E-state index contributed by atoms with van der Waals surface area (Å²) in [6.45, 7) is 3.60. The molecule has 1 amide bonds. The van der Waals surface area contributed by atoms with Gasteiger partial charge in [0.15, 0.2) is 4.96 Å². The minimum atomic E-state index is -0.407. The fraction of sp³-hybridized carbons (Fsp3) is 0.154. The Balaban J connectivity index is 1.93. The molecular formula is C13H12N4O2S. The predicted octanol–water partition coefficient (Wildman–Crippen LogP) is 1.56. The number of nitrogens with zero attached hydrogens (tertiary/aromatic N) is 3. The van der Waals surface area contributed by atoms with Crippen LogP contribution in [0.4, 0.5) is 0 Å². The molecule has 0 saturated carbocycles. The summed E-state index contributed by atoms with van der Waals surface area (Å²) in [6, 6.07) is 3.30. The molecule has 102 valence electrons. The number of imidazole rings is 1. The van der Waals surface area contributed by atoms with Gasteiger partial charge in [0.25, 0.3) is 11.5 Å². The van der Waals surface area contributed by atoms with Crippen LogP contribution in [0.25, 0.3) is 4.96 Å².